The van der Waals surface area contributed by atoms with Gasteiger partial charge in [0, 0.05) is 6.54 Å². The van der Waals surface area contributed by atoms with Gasteiger partial charge in [0.25, 0.3) is 5.91 Å². The van der Waals surface area contributed by atoms with Crippen molar-refractivity contribution in [3.05, 3.63) is 98.4 Å². The number of ether oxygens (including phenoxy) is 3. The van der Waals surface area contributed by atoms with Crippen molar-refractivity contribution in [2.24, 2.45) is 5.92 Å². The van der Waals surface area contributed by atoms with Crippen LogP contribution in [0.2, 0.25) is 0 Å². The van der Waals surface area contributed by atoms with Gasteiger partial charge in [0.1, 0.15) is 11.3 Å². The second kappa shape index (κ2) is 12.3. The van der Waals surface area contributed by atoms with E-state index >= 15 is 0 Å². The quantitative estimate of drug-likeness (QED) is 0.193. The maximum absolute atomic E-state index is 14.1. The Bertz CT molecular complexity index is 1650. The predicted molar refractivity (Wildman–Crippen MR) is 164 cm³/mol. The van der Waals surface area contributed by atoms with Gasteiger partial charge in [-0.25, -0.2) is 0 Å². The van der Waals surface area contributed by atoms with Crippen LogP contribution in [0.5, 0.6) is 17.2 Å². The molecule has 0 spiro atoms. The summed E-state index contributed by atoms with van der Waals surface area (Å²) in [5.41, 5.74) is 4.24. The molecule has 2 heterocycles. The number of carbonyl (C=O) groups excluding carboxylic acids is 1. The van der Waals surface area contributed by atoms with Crippen molar-refractivity contribution in [1.82, 2.24) is 4.90 Å². The Morgan fingerprint density at radius 2 is 1.71 bits per heavy atom. The number of fused-ring (bicyclic) bond motifs is 2. The Hall–Kier alpha value is -4.26. The first-order chi connectivity index (χ1) is 20.2. The summed E-state index contributed by atoms with van der Waals surface area (Å²) in [5, 5.41) is 0.507. The molecule has 7 nitrogen and oxygen atoms in total. The van der Waals surface area contributed by atoms with Gasteiger partial charge in [0.2, 0.25) is 5.76 Å². The fraction of sp³-hybridized carbons (Fsp3) is 0.371. The maximum Gasteiger partial charge on any atom is 0.290 e. The highest BCUT2D eigenvalue weighted by Gasteiger charge is 2.43. The molecule has 4 aromatic rings. The molecule has 3 aromatic carbocycles. The Kier molecular flexibility index (Phi) is 8.57. The third kappa shape index (κ3) is 5.73. The molecule has 1 aliphatic rings. The average molecular weight is 570 g/mol. The molecule has 220 valence electrons. The first-order valence-electron chi connectivity index (χ1n) is 14.6. The smallest absolute Gasteiger partial charge is 0.290 e. The van der Waals surface area contributed by atoms with Crippen LogP contribution in [-0.2, 0) is 6.42 Å². The van der Waals surface area contributed by atoms with Gasteiger partial charge in [-0.05, 0) is 92.1 Å². The fourth-order valence-corrected chi connectivity index (χ4v) is 5.62. The number of aryl methyl sites for hydroxylation is 2. The largest absolute Gasteiger partial charge is 0.497 e. The minimum atomic E-state index is -0.629. The van der Waals surface area contributed by atoms with Crippen molar-refractivity contribution < 1.29 is 23.4 Å². The monoisotopic (exact) mass is 569 g/mol. The van der Waals surface area contributed by atoms with Crippen LogP contribution in [0.4, 0.5) is 0 Å². The third-order valence-electron chi connectivity index (χ3n) is 7.75. The number of carbonyl (C=O) groups is 1. The number of hydrogen-bond donors (Lipinski definition) is 0. The number of amides is 1. The van der Waals surface area contributed by atoms with E-state index in [9.17, 15) is 9.59 Å². The molecule has 1 unspecified atom stereocenters. The van der Waals surface area contributed by atoms with Gasteiger partial charge in [-0.3, -0.25) is 9.59 Å². The molecule has 0 N–H and O–H groups in total. The SMILES string of the molecule is CCOc1cc(C2c3c(oc4cc(C)cc(C)c4c3=O)C(=O)N2CCc2ccc(OC)cc2)ccc1OCCC(C)C. The Labute approximate surface area is 247 Å². The number of benzene rings is 3. The van der Waals surface area contributed by atoms with Gasteiger partial charge in [-0.15, -0.1) is 0 Å². The minimum absolute atomic E-state index is 0.104. The summed E-state index contributed by atoms with van der Waals surface area (Å²) in [6.07, 6.45) is 1.52. The molecule has 1 atom stereocenters. The molecule has 0 saturated carbocycles. The maximum atomic E-state index is 14.1. The second-order valence-corrected chi connectivity index (χ2v) is 11.3. The summed E-state index contributed by atoms with van der Waals surface area (Å²) >= 11 is 0. The van der Waals surface area contributed by atoms with Gasteiger partial charge in [0.15, 0.2) is 16.9 Å². The second-order valence-electron chi connectivity index (χ2n) is 11.3. The molecular formula is C35H39NO6. The average Bonchev–Trinajstić information content (AvgIpc) is 3.24. The van der Waals surface area contributed by atoms with E-state index in [-0.39, 0.29) is 17.1 Å². The highest BCUT2D eigenvalue weighted by atomic mass is 16.5. The lowest BCUT2D eigenvalue weighted by molar-refractivity contribution is 0.0729. The van der Waals surface area contributed by atoms with Gasteiger partial charge >= 0.3 is 0 Å². The molecule has 0 aliphatic carbocycles. The fourth-order valence-electron chi connectivity index (χ4n) is 5.62. The number of rotatable bonds is 11. The van der Waals surface area contributed by atoms with Gasteiger partial charge in [-0.1, -0.05) is 38.1 Å². The first-order valence-corrected chi connectivity index (χ1v) is 14.6. The minimum Gasteiger partial charge on any atom is -0.497 e. The lowest BCUT2D eigenvalue weighted by atomic mass is 9.96. The van der Waals surface area contributed by atoms with Crippen LogP contribution < -0.4 is 19.6 Å². The van der Waals surface area contributed by atoms with E-state index in [1.165, 1.54) is 0 Å². The number of nitrogens with zero attached hydrogens (tertiary/aromatic N) is 1. The van der Waals surface area contributed by atoms with Gasteiger partial charge < -0.3 is 23.5 Å². The van der Waals surface area contributed by atoms with Crippen LogP contribution >= 0.6 is 0 Å². The van der Waals surface area contributed by atoms with Crippen LogP contribution in [0.3, 0.4) is 0 Å². The normalized spacial score (nSPS) is 14.5. The summed E-state index contributed by atoms with van der Waals surface area (Å²) in [6, 6.07) is 16.6. The lowest BCUT2D eigenvalue weighted by Gasteiger charge is -2.26. The van der Waals surface area contributed by atoms with Crippen molar-refractivity contribution in [3.8, 4) is 17.2 Å². The Balaban J connectivity index is 1.60. The van der Waals surface area contributed by atoms with Crippen LogP contribution in [-0.4, -0.2) is 37.7 Å². The lowest BCUT2D eigenvalue weighted by Crippen LogP contribution is -2.31. The van der Waals surface area contributed by atoms with E-state index in [4.69, 9.17) is 18.6 Å². The van der Waals surface area contributed by atoms with E-state index < -0.39 is 6.04 Å². The summed E-state index contributed by atoms with van der Waals surface area (Å²) in [4.78, 5) is 29.9. The molecule has 42 heavy (non-hydrogen) atoms. The van der Waals surface area contributed by atoms with Crippen molar-refractivity contribution in [2.45, 2.75) is 53.5 Å². The molecule has 0 bridgehead atoms. The number of methoxy groups -OCH3 is 1. The summed E-state index contributed by atoms with van der Waals surface area (Å²) in [7, 11) is 1.63. The molecule has 0 fully saturated rings. The summed E-state index contributed by atoms with van der Waals surface area (Å²) in [5.74, 6) is 2.33. The molecule has 0 radical (unpaired) electrons. The Morgan fingerprint density at radius 1 is 0.952 bits per heavy atom. The molecule has 0 saturated heterocycles. The molecule has 1 amide bonds. The molecule has 1 aromatic heterocycles. The van der Waals surface area contributed by atoms with Crippen LogP contribution in [0.1, 0.15) is 71.6 Å². The highest BCUT2D eigenvalue weighted by Crippen LogP contribution is 2.41. The van der Waals surface area contributed by atoms with Crippen molar-refractivity contribution in [1.29, 1.82) is 0 Å². The zero-order valence-electron chi connectivity index (χ0n) is 25.3. The van der Waals surface area contributed by atoms with E-state index in [0.29, 0.717) is 60.1 Å². The predicted octanol–water partition coefficient (Wildman–Crippen LogP) is 7.03. The van der Waals surface area contributed by atoms with Crippen molar-refractivity contribution in [2.75, 3.05) is 26.9 Å². The van der Waals surface area contributed by atoms with Gasteiger partial charge in [0.05, 0.1) is 37.3 Å². The molecule has 7 heteroatoms. The Morgan fingerprint density at radius 3 is 2.40 bits per heavy atom. The third-order valence-corrected chi connectivity index (χ3v) is 7.75. The molecular weight excluding hydrogens is 530 g/mol. The van der Waals surface area contributed by atoms with Crippen molar-refractivity contribution >= 4 is 16.9 Å². The topological polar surface area (TPSA) is 78.2 Å². The van der Waals surface area contributed by atoms with Crippen LogP contribution in [0, 0.1) is 19.8 Å². The zero-order valence-corrected chi connectivity index (χ0v) is 25.3. The number of hydrogen-bond acceptors (Lipinski definition) is 6. The van der Waals surface area contributed by atoms with E-state index in [1.54, 1.807) is 12.0 Å². The summed E-state index contributed by atoms with van der Waals surface area (Å²) in [6.45, 7) is 11.5. The van der Waals surface area contributed by atoms with Crippen molar-refractivity contribution in [3.63, 3.8) is 0 Å². The van der Waals surface area contributed by atoms with E-state index in [0.717, 1.165) is 34.4 Å². The standard InChI is InChI=1S/C35H39NO6/c1-7-40-28-20-25(10-13-27(28)41-17-15-21(2)3)32-31-33(37)30-23(5)18-22(4)19-29(30)42-34(31)35(38)36(32)16-14-24-8-11-26(39-6)12-9-24/h8-13,18-21,32H,7,14-17H2,1-6H3. The molecule has 5 rings (SSSR count). The van der Waals surface area contributed by atoms with Gasteiger partial charge in [-0.2, -0.15) is 0 Å². The van der Waals surface area contributed by atoms with Crippen LogP contribution in [0.15, 0.2) is 63.8 Å². The van der Waals surface area contributed by atoms with Crippen LogP contribution in [0.25, 0.3) is 11.0 Å². The highest BCUT2D eigenvalue weighted by molar-refractivity contribution is 5.99. The summed E-state index contributed by atoms with van der Waals surface area (Å²) < 4.78 is 23.6. The van der Waals surface area contributed by atoms with E-state index in [2.05, 4.69) is 13.8 Å². The van der Waals surface area contributed by atoms with E-state index in [1.807, 2.05) is 75.4 Å². The molecule has 1 aliphatic heterocycles. The zero-order chi connectivity index (χ0) is 30.0. The first kappa shape index (κ1) is 29.2.